The van der Waals surface area contributed by atoms with Gasteiger partial charge in [0.1, 0.15) is 11.7 Å². The Kier molecular flexibility index (Phi) is 9.11. The van der Waals surface area contributed by atoms with Crippen molar-refractivity contribution >= 4 is 56.5 Å². The van der Waals surface area contributed by atoms with Crippen LogP contribution in [0.15, 0.2) is 54.4 Å². The molecule has 1 saturated heterocycles. The number of likely N-dealkylation sites (tertiary alicyclic amines) is 1. The lowest BCUT2D eigenvalue weighted by molar-refractivity contribution is -0.118. The Labute approximate surface area is 280 Å². The number of hydrogen-bond donors (Lipinski definition) is 2. The van der Waals surface area contributed by atoms with Crippen molar-refractivity contribution in [2.24, 2.45) is 5.92 Å². The van der Waals surface area contributed by atoms with Gasteiger partial charge in [0.05, 0.1) is 28.6 Å². The van der Waals surface area contributed by atoms with Crippen LogP contribution in [0, 0.1) is 5.92 Å². The minimum atomic E-state index is -1.04. The maximum absolute atomic E-state index is 14.3. The maximum atomic E-state index is 14.3. The topological polar surface area (TPSA) is 101 Å². The Morgan fingerprint density at radius 1 is 1.17 bits per heavy atom. The molecule has 7 rings (SSSR count). The van der Waals surface area contributed by atoms with E-state index in [0.717, 1.165) is 56.4 Å². The minimum absolute atomic E-state index is 0.169. The van der Waals surface area contributed by atoms with Crippen molar-refractivity contribution in [3.63, 3.8) is 0 Å². The van der Waals surface area contributed by atoms with Gasteiger partial charge in [-0.25, -0.2) is 14.4 Å². The highest BCUT2D eigenvalue weighted by Crippen LogP contribution is 2.39. The van der Waals surface area contributed by atoms with Gasteiger partial charge >= 0.3 is 0 Å². The number of rotatable bonds is 10. The second kappa shape index (κ2) is 13.4. The standard InChI is InChI=1S/C33H34Cl2FN7O2S/c34-26-15-24(22-5-3-20(4-6-22)2-1-10-41-11-7-21(18-44)8-12-41)28(35)29-25(26)17-43(40-29)31(32(45)39-33-37-9-13-46-33)30-27-14-23(36)16-42(27)19-38-30/h3-6,9,13,15,17,19,21,23,31,44H,1-2,7-8,10-12,14,16,18H2,(H,37,39,45)/t23-,31-/m1/s1. The highest BCUT2D eigenvalue weighted by molar-refractivity contribution is 7.13. The van der Waals surface area contributed by atoms with Gasteiger partial charge in [-0.05, 0) is 68.4 Å². The van der Waals surface area contributed by atoms with Gasteiger partial charge in [0.2, 0.25) is 0 Å². The normalized spacial score (nSPS) is 17.9. The molecular formula is C33H34Cl2FN7O2S. The summed E-state index contributed by atoms with van der Waals surface area (Å²) in [5, 5.41) is 20.7. The van der Waals surface area contributed by atoms with Crippen LogP contribution in [0.2, 0.25) is 10.0 Å². The Morgan fingerprint density at radius 2 is 1.98 bits per heavy atom. The number of aliphatic hydroxyl groups excluding tert-OH is 1. The minimum Gasteiger partial charge on any atom is -0.396 e. The summed E-state index contributed by atoms with van der Waals surface area (Å²) in [7, 11) is 0. The van der Waals surface area contributed by atoms with Crippen molar-refractivity contribution < 1.29 is 14.3 Å². The molecular weight excluding hydrogens is 648 g/mol. The molecule has 5 aromatic rings. The summed E-state index contributed by atoms with van der Waals surface area (Å²) in [6.07, 6.45) is 8.20. The van der Waals surface area contributed by atoms with Crippen LogP contribution >= 0.6 is 34.5 Å². The molecule has 0 spiro atoms. The van der Waals surface area contributed by atoms with E-state index in [1.807, 2.05) is 6.07 Å². The van der Waals surface area contributed by atoms with Crippen molar-refractivity contribution in [3.8, 4) is 11.1 Å². The van der Waals surface area contributed by atoms with E-state index < -0.39 is 18.1 Å². The number of aromatic nitrogens is 5. The second-order valence-electron chi connectivity index (χ2n) is 12.1. The molecule has 1 fully saturated rings. The van der Waals surface area contributed by atoms with Crippen LogP contribution in [-0.4, -0.2) is 72.6 Å². The van der Waals surface area contributed by atoms with Crippen LogP contribution in [-0.2, 0) is 24.2 Å². The molecule has 2 atom stereocenters. The van der Waals surface area contributed by atoms with E-state index in [-0.39, 0.29) is 13.0 Å². The van der Waals surface area contributed by atoms with Gasteiger partial charge in [0, 0.05) is 47.4 Å². The second-order valence-corrected chi connectivity index (χ2v) is 13.8. The lowest BCUT2D eigenvalue weighted by Crippen LogP contribution is -2.35. The summed E-state index contributed by atoms with van der Waals surface area (Å²) in [6, 6.07) is 9.18. The molecule has 3 aromatic heterocycles. The lowest BCUT2D eigenvalue weighted by Gasteiger charge is -2.30. The van der Waals surface area contributed by atoms with E-state index in [1.54, 1.807) is 28.7 Å². The molecule has 2 N–H and O–H groups in total. The largest absolute Gasteiger partial charge is 0.396 e. The molecule has 0 bridgehead atoms. The summed E-state index contributed by atoms with van der Waals surface area (Å²) >= 11 is 15.1. The van der Waals surface area contributed by atoms with Crippen molar-refractivity contribution in [3.05, 3.63) is 81.4 Å². The fraction of sp³-hybridized carbons (Fsp3) is 0.394. The smallest absolute Gasteiger partial charge is 0.257 e. The number of alkyl halides is 1. The van der Waals surface area contributed by atoms with Crippen molar-refractivity contribution in [1.29, 1.82) is 0 Å². The van der Waals surface area contributed by atoms with Gasteiger partial charge in [-0.2, -0.15) is 5.10 Å². The fourth-order valence-electron chi connectivity index (χ4n) is 6.56. The zero-order valence-electron chi connectivity index (χ0n) is 25.1. The average molecular weight is 683 g/mol. The number of imidazole rings is 1. The van der Waals surface area contributed by atoms with E-state index in [1.165, 1.54) is 21.6 Å². The van der Waals surface area contributed by atoms with Crippen LogP contribution in [0.5, 0.6) is 0 Å². The third kappa shape index (κ3) is 6.31. The number of nitrogens with one attached hydrogen (secondary N) is 1. The summed E-state index contributed by atoms with van der Waals surface area (Å²) in [5.41, 5.74) is 4.46. The van der Waals surface area contributed by atoms with Crippen LogP contribution in [0.3, 0.4) is 0 Å². The fourth-order valence-corrected chi connectivity index (χ4v) is 7.65. The number of piperidine rings is 1. The number of halogens is 3. The monoisotopic (exact) mass is 681 g/mol. The Morgan fingerprint density at radius 3 is 2.72 bits per heavy atom. The number of nitrogens with zero attached hydrogens (tertiary/aromatic N) is 6. The van der Waals surface area contributed by atoms with E-state index in [0.29, 0.717) is 50.0 Å². The molecule has 0 unspecified atom stereocenters. The van der Waals surface area contributed by atoms with Crippen LogP contribution in [0.4, 0.5) is 9.52 Å². The Balaban J connectivity index is 1.13. The molecule has 13 heteroatoms. The first-order valence-electron chi connectivity index (χ1n) is 15.6. The van der Waals surface area contributed by atoms with E-state index in [9.17, 15) is 14.3 Å². The molecule has 0 radical (unpaired) electrons. The molecule has 9 nitrogen and oxygen atoms in total. The number of fused-ring (bicyclic) bond motifs is 2. The Bertz CT molecular complexity index is 1830. The quantitative estimate of drug-likeness (QED) is 0.176. The molecule has 2 aliphatic heterocycles. The third-order valence-corrected chi connectivity index (χ3v) is 10.5. The summed E-state index contributed by atoms with van der Waals surface area (Å²) in [4.78, 5) is 24.9. The maximum Gasteiger partial charge on any atom is 0.257 e. The van der Waals surface area contributed by atoms with E-state index in [4.69, 9.17) is 28.3 Å². The van der Waals surface area contributed by atoms with Crippen LogP contribution in [0.25, 0.3) is 22.0 Å². The summed E-state index contributed by atoms with van der Waals surface area (Å²) in [5.74, 6) is 0.0546. The van der Waals surface area contributed by atoms with Crippen LogP contribution in [0.1, 0.15) is 42.3 Å². The predicted octanol–water partition coefficient (Wildman–Crippen LogP) is 6.42. The van der Waals surface area contributed by atoms with Gasteiger partial charge < -0.3 is 14.6 Å². The number of benzene rings is 2. The van der Waals surface area contributed by atoms with E-state index >= 15 is 0 Å². The first kappa shape index (κ1) is 31.3. The number of hydrogen-bond acceptors (Lipinski definition) is 7. The molecule has 2 aliphatic rings. The molecule has 240 valence electrons. The highest BCUT2D eigenvalue weighted by Gasteiger charge is 2.34. The number of aryl methyl sites for hydroxylation is 1. The highest BCUT2D eigenvalue weighted by atomic mass is 35.5. The van der Waals surface area contributed by atoms with Crippen molar-refractivity contribution in [1.82, 2.24) is 29.2 Å². The van der Waals surface area contributed by atoms with E-state index in [2.05, 4.69) is 44.5 Å². The molecule has 5 heterocycles. The van der Waals surface area contributed by atoms with Gasteiger partial charge in [0.15, 0.2) is 11.2 Å². The zero-order chi connectivity index (χ0) is 31.8. The SMILES string of the molecule is O=C(Nc1nccs1)[C@@H](c1ncn2c1C[C@@H](F)C2)n1cc2c(Cl)cc(-c3ccc(CCCN4CCC(CO)CC4)cc3)c(Cl)c2n1. The number of amides is 1. The predicted molar refractivity (Wildman–Crippen MR) is 179 cm³/mol. The lowest BCUT2D eigenvalue weighted by atomic mass is 9.97. The van der Waals surface area contributed by atoms with Crippen molar-refractivity contribution in [2.75, 3.05) is 31.6 Å². The number of aliphatic hydroxyl groups is 1. The molecule has 0 aliphatic carbocycles. The average Bonchev–Trinajstić information content (AvgIpc) is 3.87. The molecule has 0 saturated carbocycles. The van der Waals surface area contributed by atoms with Gasteiger partial charge in [0.25, 0.3) is 5.91 Å². The van der Waals surface area contributed by atoms with Gasteiger partial charge in [-0.15, -0.1) is 11.3 Å². The summed E-state index contributed by atoms with van der Waals surface area (Å²) in [6.45, 7) is 3.67. The first-order valence-corrected chi connectivity index (χ1v) is 17.2. The molecule has 46 heavy (non-hydrogen) atoms. The molecule has 1 amide bonds. The zero-order valence-corrected chi connectivity index (χ0v) is 27.4. The third-order valence-electron chi connectivity index (χ3n) is 9.10. The number of anilines is 1. The summed E-state index contributed by atoms with van der Waals surface area (Å²) < 4.78 is 17.6. The Hall–Kier alpha value is -3.35. The van der Waals surface area contributed by atoms with Crippen LogP contribution < -0.4 is 5.32 Å². The molecule has 2 aromatic carbocycles. The number of carbonyl (C=O) groups excluding carboxylic acids is 1. The van der Waals surface area contributed by atoms with Gasteiger partial charge in [-0.3, -0.25) is 14.8 Å². The van der Waals surface area contributed by atoms with Crippen molar-refractivity contribution in [2.45, 2.75) is 50.9 Å². The number of carbonyl (C=O) groups is 1. The number of thiazole rings is 1. The van der Waals surface area contributed by atoms with Gasteiger partial charge in [-0.1, -0.05) is 47.5 Å². The first-order chi connectivity index (χ1) is 22.4.